The molecule has 0 aromatic heterocycles. The number of amides is 1. The van der Waals surface area contributed by atoms with Crippen molar-refractivity contribution < 1.29 is 9.90 Å². The van der Waals surface area contributed by atoms with Gasteiger partial charge in [0.2, 0.25) is 5.91 Å². The van der Waals surface area contributed by atoms with Crippen LogP contribution in [0.1, 0.15) is 18.9 Å². The van der Waals surface area contributed by atoms with Crippen molar-refractivity contribution in [3.8, 4) is 6.07 Å². The number of aliphatic hydroxyl groups is 1. The quantitative estimate of drug-likeness (QED) is 0.773. The Labute approximate surface area is 113 Å². The van der Waals surface area contributed by atoms with Crippen molar-refractivity contribution in [2.24, 2.45) is 0 Å². The number of carbonyl (C=O) groups is 1. The van der Waals surface area contributed by atoms with Crippen molar-refractivity contribution >= 4 is 11.6 Å². The van der Waals surface area contributed by atoms with Gasteiger partial charge in [0.15, 0.2) is 0 Å². The van der Waals surface area contributed by atoms with Crippen molar-refractivity contribution in [3.05, 3.63) is 29.8 Å². The summed E-state index contributed by atoms with van der Waals surface area (Å²) in [4.78, 5) is 13.8. The number of rotatable bonds is 7. The molecule has 0 bridgehead atoms. The zero-order valence-electron chi connectivity index (χ0n) is 11.1. The third-order valence-corrected chi connectivity index (χ3v) is 2.79. The summed E-state index contributed by atoms with van der Waals surface area (Å²) in [7, 11) is 0. The summed E-state index contributed by atoms with van der Waals surface area (Å²) in [6.45, 7) is 4.08. The summed E-state index contributed by atoms with van der Waals surface area (Å²) < 4.78 is 0. The van der Waals surface area contributed by atoms with Crippen molar-refractivity contribution in [3.63, 3.8) is 0 Å². The molecule has 0 fully saturated rings. The summed E-state index contributed by atoms with van der Waals surface area (Å²) in [5.41, 5.74) is 1.16. The minimum atomic E-state index is -0.0912. The summed E-state index contributed by atoms with van der Waals surface area (Å²) in [5.74, 6) is -0.0912. The number of hydrogen-bond acceptors (Lipinski definition) is 4. The summed E-state index contributed by atoms with van der Waals surface area (Å²) in [6, 6.07) is 8.85. The fraction of sp³-hybridized carbons (Fsp3) is 0.429. The largest absolute Gasteiger partial charge is 0.395 e. The second kappa shape index (κ2) is 8.25. The average molecular weight is 261 g/mol. The zero-order valence-corrected chi connectivity index (χ0v) is 11.1. The van der Waals surface area contributed by atoms with E-state index in [0.29, 0.717) is 30.8 Å². The van der Waals surface area contributed by atoms with Gasteiger partial charge in [0.05, 0.1) is 18.2 Å². The van der Waals surface area contributed by atoms with Gasteiger partial charge in [0.1, 0.15) is 0 Å². The van der Waals surface area contributed by atoms with E-state index >= 15 is 0 Å². The van der Waals surface area contributed by atoms with Crippen molar-refractivity contribution in [1.82, 2.24) is 4.90 Å². The molecule has 0 radical (unpaired) electrons. The van der Waals surface area contributed by atoms with Crippen molar-refractivity contribution in [1.29, 1.82) is 5.26 Å². The van der Waals surface area contributed by atoms with Crippen LogP contribution in [-0.4, -0.2) is 42.2 Å². The van der Waals surface area contributed by atoms with Gasteiger partial charge < -0.3 is 15.3 Å². The Balaban J connectivity index is 2.44. The second-order valence-corrected chi connectivity index (χ2v) is 4.15. The molecule has 0 saturated heterocycles. The van der Waals surface area contributed by atoms with Crippen LogP contribution in [-0.2, 0) is 4.79 Å². The number of nitrogens with zero attached hydrogens (tertiary/aromatic N) is 2. The van der Waals surface area contributed by atoms with Crippen LogP contribution >= 0.6 is 0 Å². The predicted octanol–water partition coefficient (Wildman–Crippen LogP) is 1.20. The van der Waals surface area contributed by atoms with Gasteiger partial charge in [-0.2, -0.15) is 5.26 Å². The van der Waals surface area contributed by atoms with Crippen LogP contribution in [0.4, 0.5) is 5.69 Å². The number of nitrogens with one attached hydrogen (secondary N) is 1. The van der Waals surface area contributed by atoms with Gasteiger partial charge in [0.25, 0.3) is 0 Å². The smallest absolute Gasteiger partial charge is 0.225 e. The van der Waals surface area contributed by atoms with Crippen LogP contribution in [0.5, 0.6) is 0 Å². The Hall–Kier alpha value is -1.90. The highest BCUT2D eigenvalue weighted by molar-refractivity contribution is 5.90. The Morgan fingerprint density at radius 3 is 2.89 bits per heavy atom. The summed E-state index contributed by atoms with van der Waals surface area (Å²) in [5, 5.41) is 20.4. The molecule has 0 aliphatic rings. The van der Waals surface area contributed by atoms with E-state index in [0.717, 1.165) is 6.54 Å². The van der Waals surface area contributed by atoms with E-state index in [-0.39, 0.29) is 12.5 Å². The third-order valence-electron chi connectivity index (χ3n) is 2.79. The Morgan fingerprint density at radius 2 is 2.26 bits per heavy atom. The first-order valence-electron chi connectivity index (χ1n) is 6.32. The molecule has 2 N–H and O–H groups in total. The normalized spacial score (nSPS) is 10.2. The number of anilines is 1. The highest BCUT2D eigenvalue weighted by Gasteiger charge is 2.07. The van der Waals surface area contributed by atoms with Gasteiger partial charge in [-0.15, -0.1) is 0 Å². The Bertz CT molecular complexity index is 454. The molecule has 1 aromatic rings. The lowest BCUT2D eigenvalue weighted by Gasteiger charge is -2.18. The SMILES string of the molecule is CCN(CCO)CCC(=O)Nc1cccc(C#N)c1. The molecule has 0 atom stereocenters. The molecule has 102 valence electrons. The first-order valence-corrected chi connectivity index (χ1v) is 6.32. The predicted molar refractivity (Wildman–Crippen MR) is 73.6 cm³/mol. The lowest BCUT2D eigenvalue weighted by Crippen LogP contribution is -2.30. The van der Waals surface area contributed by atoms with E-state index < -0.39 is 0 Å². The maximum Gasteiger partial charge on any atom is 0.225 e. The molecule has 5 heteroatoms. The molecule has 0 unspecified atom stereocenters. The molecular formula is C14H19N3O2. The maximum absolute atomic E-state index is 11.8. The molecular weight excluding hydrogens is 242 g/mol. The van der Waals surface area contributed by atoms with E-state index in [9.17, 15) is 4.79 Å². The summed E-state index contributed by atoms with van der Waals surface area (Å²) >= 11 is 0. The van der Waals surface area contributed by atoms with Crippen molar-refractivity contribution in [2.45, 2.75) is 13.3 Å². The van der Waals surface area contributed by atoms with E-state index in [4.69, 9.17) is 10.4 Å². The molecule has 1 rings (SSSR count). The average Bonchev–Trinajstić information content (AvgIpc) is 2.43. The number of nitriles is 1. The number of carbonyl (C=O) groups excluding carboxylic acids is 1. The highest BCUT2D eigenvalue weighted by Crippen LogP contribution is 2.10. The first kappa shape index (κ1) is 15.2. The zero-order chi connectivity index (χ0) is 14.1. The van der Waals surface area contributed by atoms with Crippen molar-refractivity contribution in [2.75, 3.05) is 31.6 Å². The number of aliphatic hydroxyl groups excluding tert-OH is 1. The Kier molecular flexibility index (Phi) is 6.58. The third kappa shape index (κ3) is 5.51. The lowest BCUT2D eigenvalue weighted by atomic mass is 10.2. The molecule has 1 amide bonds. The minimum Gasteiger partial charge on any atom is -0.395 e. The molecule has 0 aliphatic carbocycles. The summed E-state index contributed by atoms with van der Waals surface area (Å²) in [6.07, 6.45) is 0.366. The maximum atomic E-state index is 11.8. The van der Waals surface area contributed by atoms with Gasteiger partial charge >= 0.3 is 0 Å². The molecule has 19 heavy (non-hydrogen) atoms. The van der Waals surface area contributed by atoms with Crippen LogP contribution in [0.25, 0.3) is 0 Å². The van der Waals surface area contributed by atoms with Crippen LogP contribution in [0.3, 0.4) is 0 Å². The van der Waals surface area contributed by atoms with E-state index in [1.807, 2.05) is 17.9 Å². The monoisotopic (exact) mass is 261 g/mol. The first-order chi connectivity index (χ1) is 9.19. The number of benzene rings is 1. The molecule has 0 aliphatic heterocycles. The fourth-order valence-electron chi connectivity index (χ4n) is 1.72. The molecule has 0 saturated carbocycles. The lowest BCUT2D eigenvalue weighted by molar-refractivity contribution is -0.116. The van der Waals surface area contributed by atoms with Gasteiger partial charge in [-0.1, -0.05) is 13.0 Å². The highest BCUT2D eigenvalue weighted by atomic mass is 16.3. The number of likely N-dealkylation sites (N-methyl/N-ethyl adjacent to an activating group) is 1. The van der Waals surface area contributed by atoms with Crippen LogP contribution in [0, 0.1) is 11.3 Å². The Morgan fingerprint density at radius 1 is 1.47 bits per heavy atom. The van der Waals surface area contributed by atoms with Crippen LogP contribution < -0.4 is 5.32 Å². The standard InChI is InChI=1S/C14H19N3O2/c1-2-17(8-9-18)7-6-14(19)16-13-5-3-4-12(10-13)11-15/h3-5,10,18H,2,6-9H2,1H3,(H,16,19). The van der Waals surface area contributed by atoms with E-state index in [1.54, 1.807) is 24.3 Å². The van der Waals surface area contributed by atoms with Crippen LogP contribution in [0.2, 0.25) is 0 Å². The van der Waals surface area contributed by atoms with E-state index in [1.165, 1.54) is 0 Å². The second-order valence-electron chi connectivity index (χ2n) is 4.15. The van der Waals surface area contributed by atoms with Gasteiger partial charge in [-0.3, -0.25) is 4.79 Å². The fourth-order valence-corrected chi connectivity index (χ4v) is 1.72. The number of hydrogen-bond donors (Lipinski definition) is 2. The van der Waals surface area contributed by atoms with Crippen LogP contribution in [0.15, 0.2) is 24.3 Å². The van der Waals surface area contributed by atoms with E-state index in [2.05, 4.69) is 5.32 Å². The molecule has 1 aromatic carbocycles. The van der Waals surface area contributed by atoms with Gasteiger partial charge in [-0.05, 0) is 24.7 Å². The topological polar surface area (TPSA) is 76.4 Å². The molecule has 5 nitrogen and oxygen atoms in total. The molecule has 0 spiro atoms. The van der Waals surface area contributed by atoms with Gasteiger partial charge in [0, 0.05) is 25.2 Å². The van der Waals surface area contributed by atoms with Gasteiger partial charge in [-0.25, -0.2) is 0 Å². The molecule has 0 heterocycles. The minimum absolute atomic E-state index is 0.0912.